The van der Waals surface area contributed by atoms with Crippen molar-refractivity contribution >= 4 is 17.5 Å². The molecule has 4 heteroatoms. The van der Waals surface area contributed by atoms with E-state index in [2.05, 4.69) is 37.4 Å². The van der Waals surface area contributed by atoms with Crippen molar-refractivity contribution < 1.29 is 9.53 Å². The summed E-state index contributed by atoms with van der Waals surface area (Å²) >= 11 is 5.83. The zero-order valence-electron chi connectivity index (χ0n) is 14.4. The Morgan fingerprint density at radius 3 is 2.58 bits per heavy atom. The molecular weight excluding hydrogens is 322 g/mol. The molecule has 0 saturated heterocycles. The van der Waals surface area contributed by atoms with Crippen LogP contribution in [0.4, 0.5) is 0 Å². The van der Waals surface area contributed by atoms with Crippen molar-refractivity contribution in [3.63, 3.8) is 0 Å². The van der Waals surface area contributed by atoms with Crippen LogP contribution in [0.5, 0.6) is 5.75 Å². The first-order chi connectivity index (χ1) is 11.5. The summed E-state index contributed by atoms with van der Waals surface area (Å²) < 4.78 is 5.60. The SMILES string of the molecule is Cc1ccc(C)c([C@@H](C)NC(=O)CCCOc2ccc(Cl)cc2)c1. The predicted octanol–water partition coefficient (Wildman–Crippen LogP) is 4.99. The van der Waals surface area contributed by atoms with Gasteiger partial charge < -0.3 is 10.1 Å². The van der Waals surface area contributed by atoms with Gasteiger partial charge in [0.1, 0.15) is 5.75 Å². The molecule has 0 bridgehead atoms. The third-order valence-electron chi connectivity index (χ3n) is 3.91. The third kappa shape index (κ3) is 5.57. The van der Waals surface area contributed by atoms with E-state index in [1.165, 1.54) is 16.7 Å². The van der Waals surface area contributed by atoms with E-state index in [0.29, 0.717) is 24.5 Å². The number of rotatable bonds is 7. The van der Waals surface area contributed by atoms with Gasteiger partial charge >= 0.3 is 0 Å². The molecule has 1 amide bonds. The van der Waals surface area contributed by atoms with E-state index >= 15 is 0 Å². The molecule has 1 atom stereocenters. The van der Waals surface area contributed by atoms with Crippen molar-refractivity contribution in [3.8, 4) is 5.75 Å². The van der Waals surface area contributed by atoms with Crippen molar-refractivity contribution in [2.24, 2.45) is 0 Å². The molecule has 2 aromatic rings. The van der Waals surface area contributed by atoms with Crippen LogP contribution in [0.25, 0.3) is 0 Å². The summed E-state index contributed by atoms with van der Waals surface area (Å²) in [5.41, 5.74) is 3.56. The van der Waals surface area contributed by atoms with Crippen LogP contribution in [-0.2, 0) is 4.79 Å². The molecule has 0 unspecified atom stereocenters. The van der Waals surface area contributed by atoms with Crippen LogP contribution >= 0.6 is 11.6 Å². The van der Waals surface area contributed by atoms with Gasteiger partial charge in [0, 0.05) is 11.4 Å². The van der Waals surface area contributed by atoms with Gasteiger partial charge in [-0.15, -0.1) is 0 Å². The van der Waals surface area contributed by atoms with Crippen LogP contribution in [0.3, 0.4) is 0 Å². The molecule has 0 saturated carbocycles. The zero-order valence-corrected chi connectivity index (χ0v) is 15.2. The second kappa shape index (κ2) is 8.74. The Morgan fingerprint density at radius 2 is 1.88 bits per heavy atom. The van der Waals surface area contributed by atoms with Crippen LogP contribution in [-0.4, -0.2) is 12.5 Å². The summed E-state index contributed by atoms with van der Waals surface area (Å²) in [7, 11) is 0. The molecule has 0 aliphatic rings. The van der Waals surface area contributed by atoms with E-state index in [-0.39, 0.29) is 11.9 Å². The molecule has 0 aliphatic carbocycles. The minimum atomic E-state index is 0.00887. The van der Waals surface area contributed by atoms with Crippen LogP contribution in [0, 0.1) is 13.8 Å². The quantitative estimate of drug-likeness (QED) is 0.717. The lowest BCUT2D eigenvalue weighted by molar-refractivity contribution is -0.121. The Balaban J connectivity index is 1.74. The number of ether oxygens (including phenoxy) is 1. The number of carbonyl (C=O) groups excluding carboxylic acids is 1. The van der Waals surface area contributed by atoms with E-state index < -0.39 is 0 Å². The maximum Gasteiger partial charge on any atom is 0.220 e. The zero-order chi connectivity index (χ0) is 17.5. The molecule has 0 fully saturated rings. The maximum absolute atomic E-state index is 12.1. The van der Waals surface area contributed by atoms with Gasteiger partial charge in [-0.1, -0.05) is 35.4 Å². The monoisotopic (exact) mass is 345 g/mol. The number of nitrogens with one attached hydrogen (secondary N) is 1. The number of hydrogen-bond acceptors (Lipinski definition) is 2. The number of hydrogen-bond donors (Lipinski definition) is 1. The standard InChI is InChI=1S/C20H24ClNO2/c1-14-6-7-15(2)19(13-14)16(3)22-20(23)5-4-12-24-18-10-8-17(21)9-11-18/h6-11,13,16H,4-5,12H2,1-3H3,(H,22,23)/t16-/m1/s1. The van der Waals surface area contributed by atoms with Gasteiger partial charge in [0.2, 0.25) is 5.91 Å². The van der Waals surface area contributed by atoms with E-state index in [1.54, 1.807) is 12.1 Å². The summed E-state index contributed by atoms with van der Waals surface area (Å²) in [5.74, 6) is 0.812. The van der Waals surface area contributed by atoms with Crippen molar-refractivity contribution in [1.29, 1.82) is 0 Å². The molecule has 0 heterocycles. The highest BCUT2D eigenvalue weighted by molar-refractivity contribution is 6.30. The molecule has 2 aromatic carbocycles. The molecular formula is C20H24ClNO2. The molecule has 0 aromatic heterocycles. The lowest BCUT2D eigenvalue weighted by Crippen LogP contribution is -2.27. The highest BCUT2D eigenvalue weighted by Gasteiger charge is 2.11. The van der Waals surface area contributed by atoms with Crippen molar-refractivity contribution in [3.05, 3.63) is 64.2 Å². The number of halogens is 1. The number of amides is 1. The maximum atomic E-state index is 12.1. The van der Waals surface area contributed by atoms with Gasteiger partial charge in [-0.3, -0.25) is 4.79 Å². The van der Waals surface area contributed by atoms with Crippen LogP contribution in [0.15, 0.2) is 42.5 Å². The van der Waals surface area contributed by atoms with Gasteiger partial charge in [-0.25, -0.2) is 0 Å². The second-order valence-electron chi connectivity index (χ2n) is 6.06. The first-order valence-corrected chi connectivity index (χ1v) is 8.58. The lowest BCUT2D eigenvalue weighted by atomic mass is 10.00. The minimum Gasteiger partial charge on any atom is -0.494 e. The number of benzene rings is 2. The Kier molecular flexibility index (Phi) is 6.68. The fourth-order valence-electron chi connectivity index (χ4n) is 2.57. The van der Waals surface area contributed by atoms with Crippen molar-refractivity contribution in [1.82, 2.24) is 5.32 Å². The minimum absolute atomic E-state index is 0.00887. The average molecular weight is 346 g/mol. The molecule has 2 rings (SSSR count). The highest BCUT2D eigenvalue weighted by Crippen LogP contribution is 2.19. The van der Waals surface area contributed by atoms with Crippen LogP contribution in [0.1, 0.15) is 42.5 Å². The largest absolute Gasteiger partial charge is 0.494 e. The highest BCUT2D eigenvalue weighted by atomic mass is 35.5. The number of carbonyl (C=O) groups is 1. The molecule has 3 nitrogen and oxygen atoms in total. The molecule has 128 valence electrons. The van der Waals surface area contributed by atoms with E-state index in [9.17, 15) is 4.79 Å². The molecule has 0 spiro atoms. The average Bonchev–Trinajstić information content (AvgIpc) is 2.55. The first-order valence-electron chi connectivity index (χ1n) is 8.20. The fourth-order valence-corrected chi connectivity index (χ4v) is 2.70. The van der Waals surface area contributed by atoms with E-state index in [1.807, 2.05) is 19.1 Å². The topological polar surface area (TPSA) is 38.3 Å². The summed E-state index contributed by atoms with van der Waals surface area (Å²) in [5, 5.41) is 3.74. The lowest BCUT2D eigenvalue weighted by Gasteiger charge is -2.17. The van der Waals surface area contributed by atoms with Gasteiger partial charge in [-0.2, -0.15) is 0 Å². The predicted molar refractivity (Wildman–Crippen MR) is 98.7 cm³/mol. The van der Waals surface area contributed by atoms with Crippen molar-refractivity contribution in [2.45, 2.75) is 39.7 Å². The van der Waals surface area contributed by atoms with E-state index in [4.69, 9.17) is 16.3 Å². The molecule has 0 radical (unpaired) electrons. The summed E-state index contributed by atoms with van der Waals surface area (Å²) in [6.07, 6.45) is 1.12. The molecule has 24 heavy (non-hydrogen) atoms. The Bertz CT molecular complexity index is 683. The second-order valence-corrected chi connectivity index (χ2v) is 6.49. The Morgan fingerprint density at radius 1 is 1.17 bits per heavy atom. The summed E-state index contributed by atoms with van der Waals surface area (Å²) in [6.45, 7) is 6.65. The number of aryl methyl sites for hydroxylation is 2. The van der Waals surface area contributed by atoms with Gasteiger partial charge in [0.25, 0.3) is 0 Å². The first kappa shape index (κ1) is 18.3. The summed E-state index contributed by atoms with van der Waals surface area (Å²) in [4.78, 5) is 12.1. The summed E-state index contributed by atoms with van der Waals surface area (Å²) in [6, 6.07) is 13.5. The Hall–Kier alpha value is -2.00. The van der Waals surface area contributed by atoms with E-state index in [0.717, 1.165) is 5.75 Å². The van der Waals surface area contributed by atoms with Gasteiger partial charge in [0.05, 0.1) is 12.6 Å². The third-order valence-corrected chi connectivity index (χ3v) is 4.16. The fraction of sp³-hybridized carbons (Fsp3) is 0.350. The smallest absolute Gasteiger partial charge is 0.220 e. The van der Waals surface area contributed by atoms with Gasteiger partial charge in [0.15, 0.2) is 0 Å². The molecule has 1 N–H and O–H groups in total. The van der Waals surface area contributed by atoms with Crippen LogP contribution in [0.2, 0.25) is 5.02 Å². The van der Waals surface area contributed by atoms with Crippen LogP contribution < -0.4 is 10.1 Å². The van der Waals surface area contributed by atoms with Crippen molar-refractivity contribution in [2.75, 3.05) is 6.61 Å². The Labute approximate surface area is 149 Å². The van der Waals surface area contributed by atoms with Gasteiger partial charge in [-0.05, 0) is 62.6 Å². The normalized spacial score (nSPS) is 11.8. The molecule has 0 aliphatic heterocycles.